The third kappa shape index (κ3) is 2.37. The summed E-state index contributed by atoms with van der Waals surface area (Å²) in [7, 11) is 0. The van der Waals surface area contributed by atoms with Crippen LogP contribution in [0.5, 0.6) is 0 Å². The Bertz CT molecular complexity index is 331. The van der Waals surface area contributed by atoms with Crippen LogP contribution in [0.1, 0.15) is 30.9 Å². The summed E-state index contributed by atoms with van der Waals surface area (Å²) in [5.74, 6) is 2.50. The Morgan fingerprint density at radius 3 is 2.80 bits per heavy atom. The molecule has 0 aromatic heterocycles. The molecular formula is C13H19NS. The first kappa shape index (κ1) is 11.0. The highest BCUT2D eigenvalue weighted by molar-refractivity contribution is 7.99. The van der Waals surface area contributed by atoms with Gasteiger partial charge in [-0.15, -0.1) is 0 Å². The van der Waals surface area contributed by atoms with E-state index in [2.05, 4.69) is 43.0 Å². The van der Waals surface area contributed by atoms with Crippen molar-refractivity contribution in [3.63, 3.8) is 0 Å². The average molecular weight is 221 g/mol. The average Bonchev–Trinajstić information content (AvgIpc) is 3.08. The van der Waals surface area contributed by atoms with E-state index < -0.39 is 0 Å². The minimum absolute atomic E-state index is 0.492. The second-order valence-corrected chi connectivity index (χ2v) is 5.60. The van der Waals surface area contributed by atoms with Crippen molar-refractivity contribution in [2.24, 2.45) is 5.73 Å². The largest absolute Gasteiger partial charge is 0.326 e. The molecule has 82 valence electrons. The van der Waals surface area contributed by atoms with E-state index in [1.165, 1.54) is 35.5 Å². The molecule has 0 saturated heterocycles. The Hall–Kier alpha value is -0.470. The first-order chi connectivity index (χ1) is 7.30. The van der Waals surface area contributed by atoms with Crippen molar-refractivity contribution in [1.29, 1.82) is 0 Å². The molecule has 0 radical (unpaired) electrons. The molecule has 0 heterocycles. The number of nitrogens with two attached hydrogens (primary N) is 1. The van der Waals surface area contributed by atoms with Crippen molar-refractivity contribution in [3.8, 4) is 0 Å². The van der Waals surface area contributed by atoms with E-state index in [-0.39, 0.29) is 0 Å². The van der Waals surface area contributed by atoms with Crippen molar-refractivity contribution >= 4 is 11.8 Å². The molecule has 2 N–H and O–H groups in total. The van der Waals surface area contributed by atoms with Crippen LogP contribution >= 0.6 is 11.8 Å². The Kier molecular flexibility index (Phi) is 3.37. The van der Waals surface area contributed by atoms with Crippen molar-refractivity contribution in [2.45, 2.75) is 31.7 Å². The fourth-order valence-corrected chi connectivity index (χ4v) is 3.04. The van der Waals surface area contributed by atoms with Crippen LogP contribution in [0.25, 0.3) is 0 Å². The van der Waals surface area contributed by atoms with E-state index >= 15 is 0 Å². The van der Waals surface area contributed by atoms with Crippen LogP contribution in [0, 0.1) is 0 Å². The lowest BCUT2D eigenvalue weighted by atomic mass is 9.96. The highest BCUT2D eigenvalue weighted by Gasteiger charge is 2.43. The lowest BCUT2D eigenvalue weighted by molar-refractivity contribution is 0.799. The zero-order valence-electron chi connectivity index (χ0n) is 9.33. The van der Waals surface area contributed by atoms with Gasteiger partial charge in [-0.3, -0.25) is 0 Å². The van der Waals surface area contributed by atoms with Crippen LogP contribution in [0.15, 0.2) is 24.3 Å². The molecule has 2 heteroatoms. The molecule has 1 nitrogen and oxygen atoms in total. The summed E-state index contributed by atoms with van der Waals surface area (Å²) in [4.78, 5) is 0. The number of thioether (sulfide) groups is 1. The Morgan fingerprint density at radius 1 is 1.40 bits per heavy atom. The van der Waals surface area contributed by atoms with Crippen molar-refractivity contribution < 1.29 is 0 Å². The topological polar surface area (TPSA) is 26.0 Å². The van der Waals surface area contributed by atoms with E-state index in [1.807, 2.05) is 0 Å². The van der Waals surface area contributed by atoms with Gasteiger partial charge in [0, 0.05) is 17.7 Å². The van der Waals surface area contributed by atoms with E-state index in [1.54, 1.807) is 0 Å². The standard InChI is InChI=1S/C13H19NS/c1-2-15-10-13(6-7-13)12-5-3-4-11(8-12)9-14/h3-5,8H,2,6-7,9-10,14H2,1H3. The van der Waals surface area contributed by atoms with Gasteiger partial charge in [0.25, 0.3) is 0 Å². The van der Waals surface area contributed by atoms with Crippen molar-refractivity contribution in [2.75, 3.05) is 11.5 Å². The fourth-order valence-electron chi connectivity index (χ4n) is 1.99. The molecule has 1 aromatic rings. The molecule has 0 atom stereocenters. The molecule has 1 fully saturated rings. The number of benzene rings is 1. The predicted molar refractivity (Wildman–Crippen MR) is 68.2 cm³/mol. The van der Waals surface area contributed by atoms with E-state index in [9.17, 15) is 0 Å². The minimum Gasteiger partial charge on any atom is -0.326 e. The highest BCUT2D eigenvalue weighted by atomic mass is 32.2. The van der Waals surface area contributed by atoms with Crippen molar-refractivity contribution in [1.82, 2.24) is 0 Å². The normalized spacial score (nSPS) is 17.7. The molecular weight excluding hydrogens is 202 g/mol. The third-order valence-corrected chi connectivity index (χ3v) is 4.38. The number of rotatable bonds is 5. The van der Waals surface area contributed by atoms with Crippen LogP contribution in [0.2, 0.25) is 0 Å². The molecule has 1 saturated carbocycles. The summed E-state index contributed by atoms with van der Waals surface area (Å²) >= 11 is 2.05. The summed E-state index contributed by atoms with van der Waals surface area (Å²) in [5, 5.41) is 0. The van der Waals surface area contributed by atoms with E-state index in [4.69, 9.17) is 5.73 Å². The molecule has 2 rings (SSSR count). The summed E-state index contributed by atoms with van der Waals surface area (Å²) in [6.45, 7) is 2.89. The molecule has 1 aliphatic rings. The summed E-state index contributed by atoms with van der Waals surface area (Å²) < 4.78 is 0. The minimum atomic E-state index is 0.492. The van der Waals surface area contributed by atoms with Gasteiger partial charge in [-0.2, -0.15) is 11.8 Å². The molecule has 0 aliphatic heterocycles. The van der Waals surface area contributed by atoms with Gasteiger partial charge < -0.3 is 5.73 Å². The molecule has 1 aliphatic carbocycles. The monoisotopic (exact) mass is 221 g/mol. The molecule has 1 aromatic carbocycles. The first-order valence-electron chi connectivity index (χ1n) is 5.68. The smallest absolute Gasteiger partial charge is 0.0178 e. The summed E-state index contributed by atoms with van der Waals surface area (Å²) in [6.07, 6.45) is 2.71. The molecule has 0 bridgehead atoms. The van der Waals surface area contributed by atoms with Crippen LogP contribution < -0.4 is 5.73 Å². The summed E-state index contributed by atoms with van der Waals surface area (Å²) in [5.41, 5.74) is 8.94. The molecule has 15 heavy (non-hydrogen) atoms. The fraction of sp³-hybridized carbons (Fsp3) is 0.538. The van der Waals surface area contributed by atoms with E-state index in [0.29, 0.717) is 12.0 Å². The maximum Gasteiger partial charge on any atom is 0.0178 e. The Labute approximate surface area is 96.4 Å². The lowest BCUT2D eigenvalue weighted by Gasteiger charge is -2.15. The van der Waals surface area contributed by atoms with E-state index in [0.717, 1.165) is 0 Å². The van der Waals surface area contributed by atoms with Gasteiger partial charge in [0.1, 0.15) is 0 Å². The second-order valence-electron chi connectivity index (χ2n) is 4.32. The number of hydrogen-bond acceptors (Lipinski definition) is 2. The van der Waals surface area contributed by atoms with Gasteiger partial charge in [-0.1, -0.05) is 31.2 Å². The van der Waals surface area contributed by atoms with Crippen molar-refractivity contribution in [3.05, 3.63) is 35.4 Å². The Balaban J connectivity index is 2.14. The Morgan fingerprint density at radius 2 is 2.20 bits per heavy atom. The lowest BCUT2D eigenvalue weighted by Crippen LogP contribution is -2.11. The van der Waals surface area contributed by atoms with Crippen LogP contribution in [0.3, 0.4) is 0 Å². The summed E-state index contributed by atoms with van der Waals surface area (Å²) in [6, 6.07) is 8.83. The van der Waals surface area contributed by atoms with Gasteiger partial charge >= 0.3 is 0 Å². The third-order valence-electron chi connectivity index (χ3n) is 3.21. The maximum atomic E-state index is 5.68. The molecule has 0 unspecified atom stereocenters. The van der Waals surface area contributed by atoms with Crippen LogP contribution in [-0.4, -0.2) is 11.5 Å². The van der Waals surface area contributed by atoms with Gasteiger partial charge in [-0.05, 0) is 29.7 Å². The number of hydrogen-bond donors (Lipinski definition) is 1. The second kappa shape index (κ2) is 4.58. The van der Waals surface area contributed by atoms with Gasteiger partial charge in [-0.25, -0.2) is 0 Å². The highest BCUT2D eigenvalue weighted by Crippen LogP contribution is 2.50. The van der Waals surface area contributed by atoms with Gasteiger partial charge in [0.05, 0.1) is 0 Å². The quantitative estimate of drug-likeness (QED) is 0.827. The van der Waals surface area contributed by atoms with Crippen LogP contribution in [-0.2, 0) is 12.0 Å². The van der Waals surface area contributed by atoms with Gasteiger partial charge in [0.15, 0.2) is 0 Å². The molecule has 0 spiro atoms. The van der Waals surface area contributed by atoms with Gasteiger partial charge in [0.2, 0.25) is 0 Å². The molecule has 0 amide bonds. The zero-order chi connectivity index (χ0) is 10.7. The zero-order valence-corrected chi connectivity index (χ0v) is 10.1. The predicted octanol–water partition coefficient (Wildman–Crippen LogP) is 2.93. The first-order valence-corrected chi connectivity index (χ1v) is 6.83. The van der Waals surface area contributed by atoms with Crippen LogP contribution in [0.4, 0.5) is 0 Å². The maximum absolute atomic E-state index is 5.68. The SMILES string of the molecule is CCSCC1(c2cccc(CN)c2)CC1.